The van der Waals surface area contributed by atoms with Crippen LogP contribution in [0.3, 0.4) is 0 Å². The van der Waals surface area contributed by atoms with Gasteiger partial charge in [-0.2, -0.15) is 0 Å². The molecule has 0 heterocycles. The molecular weight excluding hydrogens is 234 g/mol. The number of nitrogens with one attached hydrogen (secondary N) is 1. The summed E-state index contributed by atoms with van der Waals surface area (Å²) in [4.78, 5) is 0. The van der Waals surface area contributed by atoms with E-state index >= 15 is 0 Å². The molecule has 1 aliphatic rings. The smallest absolute Gasteiger partial charge is 0.0608 e. The van der Waals surface area contributed by atoms with E-state index in [-0.39, 0.29) is 5.54 Å². The van der Waals surface area contributed by atoms with Crippen LogP contribution in [0, 0.1) is 17.8 Å². The van der Waals surface area contributed by atoms with Gasteiger partial charge in [0.15, 0.2) is 0 Å². The summed E-state index contributed by atoms with van der Waals surface area (Å²) in [6.07, 6.45) is 5.61. The van der Waals surface area contributed by atoms with Crippen LogP contribution in [0.4, 0.5) is 0 Å². The monoisotopic (exact) mass is 269 g/mol. The summed E-state index contributed by atoms with van der Waals surface area (Å²) in [5, 5.41) is 3.52. The summed E-state index contributed by atoms with van der Waals surface area (Å²) in [5.74, 6) is 2.37. The minimum Gasteiger partial charge on any atom is -0.378 e. The Morgan fingerprint density at radius 3 is 2.47 bits per heavy atom. The molecule has 0 aliphatic heterocycles. The Labute approximate surface area is 120 Å². The van der Waals surface area contributed by atoms with Gasteiger partial charge in [0, 0.05) is 12.1 Å². The van der Waals surface area contributed by atoms with E-state index in [9.17, 15) is 0 Å². The lowest BCUT2D eigenvalue weighted by molar-refractivity contribution is -0.0390. The highest BCUT2D eigenvalue weighted by Gasteiger charge is 2.31. The Morgan fingerprint density at radius 1 is 1.21 bits per heavy atom. The first-order chi connectivity index (χ1) is 8.79. The van der Waals surface area contributed by atoms with E-state index in [1.54, 1.807) is 0 Å². The van der Waals surface area contributed by atoms with Gasteiger partial charge in [0.1, 0.15) is 0 Å². The van der Waals surface area contributed by atoms with Crippen LogP contribution in [-0.2, 0) is 4.74 Å². The first-order valence-electron chi connectivity index (χ1n) is 8.16. The molecule has 2 heteroatoms. The first kappa shape index (κ1) is 17.0. The second kappa shape index (κ2) is 7.64. The molecule has 0 radical (unpaired) electrons. The minimum absolute atomic E-state index is 0.222. The van der Waals surface area contributed by atoms with Gasteiger partial charge in [0.05, 0.1) is 6.10 Å². The third-order valence-corrected chi connectivity index (χ3v) is 4.27. The van der Waals surface area contributed by atoms with Gasteiger partial charge in [0.25, 0.3) is 0 Å². The van der Waals surface area contributed by atoms with Gasteiger partial charge in [-0.15, -0.1) is 0 Å². The van der Waals surface area contributed by atoms with Crippen LogP contribution in [0.1, 0.15) is 67.2 Å². The number of hydrogen-bond acceptors (Lipinski definition) is 2. The fraction of sp³-hybridized carbons (Fsp3) is 1.00. The van der Waals surface area contributed by atoms with Crippen molar-refractivity contribution in [2.75, 3.05) is 13.2 Å². The van der Waals surface area contributed by atoms with Crippen molar-refractivity contribution in [1.82, 2.24) is 5.32 Å². The zero-order valence-electron chi connectivity index (χ0n) is 14.0. The van der Waals surface area contributed by atoms with Crippen molar-refractivity contribution in [1.29, 1.82) is 0 Å². The SMILES string of the molecule is CC1CCC(C(C)C)C(OCCCNC(C)(C)C)C1. The highest BCUT2D eigenvalue weighted by molar-refractivity contribution is 4.81. The van der Waals surface area contributed by atoms with Crippen molar-refractivity contribution >= 4 is 0 Å². The van der Waals surface area contributed by atoms with Crippen LogP contribution in [0.15, 0.2) is 0 Å². The highest BCUT2D eigenvalue weighted by atomic mass is 16.5. The van der Waals surface area contributed by atoms with E-state index < -0.39 is 0 Å². The Kier molecular flexibility index (Phi) is 6.82. The first-order valence-corrected chi connectivity index (χ1v) is 8.16. The average molecular weight is 269 g/mol. The molecule has 0 amide bonds. The molecule has 3 unspecified atom stereocenters. The maximum absolute atomic E-state index is 6.20. The van der Waals surface area contributed by atoms with E-state index in [0.29, 0.717) is 6.10 Å². The van der Waals surface area contributed by atoms with Crippen LogP contribution in [0.5, 0.6) is 0 Å². The van der Waals surface area contributed by atoms with Gasteiger partial charge in [-0.3, -0.25) is 0 Å². The van der Waals surface area contributed by atoms with Gasteiger partial charge in [-0.1, -0.05) is 27.2 Å². The van der Waals surface area contributed by atoms with E-state index in [1.165, 1.54) is 19.3 Å². The van der Waals surface area contributed by atoms with Crippen LogP contribution >= 0.6 is 0 Å². The molecule has 1 aliphatic carbocycles. The normalized spacial score (nSPS) is 28.9. The summed E-state index contributed by atoms with van der Waals surface area (Å²) in [6, 6.07) is 0. The molecule has 1 fully saturated rings. The Balaban J connectivity index is 2.25. The summed E-state index contributed by atoms with van der Waals surface area (Å²) < 4.78 is 6.20. The standard InChI is InChI=1S/C17H35NO/c1-13(2)15-9-8-14(3)12-16(15)19-11-7-10-18-17(4,5)6/h13-16,18H,7-12H2,1-6H3. The zero-order valence-corrected chi connectivity index (χ0v) is 14.0. The van der Waals surface area contributed by atoms with Crippen molar-refractivity contribution in [3.8, 4) is 0 Å². The van der Waals surface area contributed by atoms with E-state index in [1.807, 2.05) is 0 Å². The van der Waals surface area contributed by atoms with E-state index in [0.717, 1.165) is 37.3 Å². The molecule has 2 nitrogen and oxygen atoms in total. The van der Waals surface area contributed by atoms with Gasteiger partial charge in [-0.25, -0.2) is 0 Å². The molecule has 0 saturated heterocycles. The molecule has 1 saturated carbocycles. The number of ether oxygens (including phenoxy) is 1. The average Bonchev–Trinajstić information content (AvgIpc) is 2.26. The molecule has 3 atom stereocenters. The van der Waals surface area contributed by atoms with Crippen molar-refractivity contribution in [2.45, 2.75) is 78.9 Å². The topological polar surface area (TPSA) is 21.3 Å². The lowest BCUT2D eigenvalue weighted by Gasteiger charge is -2.37. The van der Waals surface area contributed by atoms with Gasteiger partial charge < -0.3 is 10.1 Å². The summed E-state index contributed by atoms with van der Waals surface area (Å²) >= 11 is 0. The van der Waals surface area contributed by atoms with Crippen molar-refractivity contribution in [3.05, 3.63) is 0 Å². The van der Waals surface area contributed by atoms with Crippen LogP contribution in [0.2, 0.25) is 0 Å². The van der Waals surface area contributed by atoms with Crippen molar-refractivity contribution < 1.29 is 4.74 Å². The molecule has 1 rings (SSSR count). The summed E-state index contributed by atoms with van der Waals surface area (Å²) in [5.41, 5.74) is 0.222. The molecule has 19 heavy (non-hydrogen) atoms. The maximum Gasteiger partial charge on any atom is 0.0608 e. The third-order valence-electron chi connectivity index (χ3n) is 4.27. The van der Waals surface area contributed by atoms with Crippen LogP contribution < -0.4 is 5.32 Å². The maximum atomic E-state index is 6.20. The summed E-state index contributed by atoms with van der Waals surface area (Å²) in [7, 11) is 0. The largest absolute Gasteiger partial charge is 0.378 e. The quantitative estimate of drug-likeness (QED) is 0.728. The van der Waals surface area contributed by atoms with E-state index in [4.69, 9.17) is 4.74 Å². The molecule has 0 bridgehead atoms. The Bertz CT molecular complexity index is 244. The van der Waals surface area contributed by atoms with Gasteiger partial charge in [0.2, 0.25) is 0 Å². The lowest BCUT2D eigenvalue weighted by atomic mass is 9.75. The molecule has 1 N–H and O–H groups in total. The van der Waals surface area contributed by atoms with Gasteiger partial charge >= 0.3 is 0 Å². The predicted octanol–water partition coefficient (Wildman–Crippen LogP) is 4.24. The van der Waals surface area contributed by atoms with Gasteiger partial charge in [-0.05, 0) is 64.3 Å². The Morgan fingerprint density at radius 2 is 1.89 bits per heavy atom. The fourth-order valence-corrected chi connectivity index (χ4v) is 3.08. The molecule has 0 spiro atoms. The predicted molar refractivity (Wildman–Crippen MR) is 83.5 cm³/mol. The summed E-state index contributed by atoms with van der Waals surface area (Å²) in [6.45, 7) is 15.7. The molecular formula is C17H35NO. The number of hydrogen-bond donors (Lipinski definition) is 1. The second-order valence-corrected chi connectivity index (χ2v) is 7.77. The molecule has 114 valence electrons. The number of rotatable bonds is 6. The highest BCUT2D eigenvalue weighted by Crippen LogP contribution is 2.35. The second-order valence-electron chi connectivity index (χ2n) is 7.77. The van der Waals surface area contributed by atoms with Crippen LogP contribution in [-0.4, -0.2) is 24.8 Å². The lowest BCUT2D eigenvalue weighted by Crippen LogP contribution is -2.37. The Hall–Kier alpha value is -0.0800. The fourth-order valence-electron chi connectivity index (χ4n) is 3.08. The zero-order chi connectivity index (χ0) is 14.5. The molecule has 0 aromatic rings. The van der Waals surface area contributed by atoms with Crippen molar-refractivity contribution in [3.63, 3.8) is 0 Å². The molecule has 0 aromatic carbocycles. The minimum atomic E-state index is 0.222. The molecule has 0 aromatic heterocycles. The van der Waals surface area contributed by atoms with Crippen molar-refractivity contribution in [2.24, 2.45) is 17.8 Å². The van der Waals surface area contributed by atoms with E-state index in [2.05, 4.69) is 46.9 Å². The third kappa shape index (κ3) is 6.76. The van der Waals surface area contributed by atoms with Crippen LogP contribution in [0.25, 0.3) is 0 Å².